The van der Waals surface area contributed by atoms with Crippen molar-refractivity contribution >= 4 is 34.0 Å². The van der Waals surface area contributed by atoms with Crippen molar-refractivity contribution in [1.82, 2.24) is 10.6 Å². The predicted octanol–water partition coefficient (Wildman–Crippen LogP) is 5.00. The quantitative estimate of drug-likeness (QED) is 0.296. The van der Waals surface area contributed by atoms with Crippen LogP contribution in [0.25, 0.3) is 21.5 Å². The van der Waals surface area contributed by atoms with Crippen molar-refractivity contribution < 1.29 is 0 Å². The van der Waals surface area contributed by atoms with E-state index in [1.54, 1.807) is 0 Å². The number of nitrogens with one attached hydrogen (secondary N) is 2. The van der Waals surface area contributed by atoms with Gasteiger partial charge in [0.15, 0.2) is 0 Å². The molecule has 0 aliphatic carbocycles. The van der Waals surface area contributed by atoms with Crippen LogP contribution in [0.4, 0.5) is 0 Å². The minimum absolute atomic E-state index is 0. The first-order valence-corrected chi connectivity index (χ1v) is 10.4. The summed E-state index contributed by atoms with van der Waals surface area (Å²) in [6.07, 6.45) is 6.07. The van der Waals surface area contributed by atoms with Crippen LogP contribution in [0.3, 0.4) is 0 Å². The third kappa shape index (κ3) is 6.46. The van der Waals surface area contributed by atoms with E-state index in [-0.39, 0.29) is 12.4 Å². The molecule has 0 bridgehead atoms. The lowest BCUT2D eigenvalue weighted by molar-refractivity contribution is 0.561. The molecule has 0 spiro atoms. The van der Waals surface area contributed by atoms with Crippen LogP contribution in [0, 0.1) is 0 Å². The maximum atomic E-state index is 5.51. The summed E-state index contributed by atoms with van der Waals surface area (Å²) in [4.78, 5) is 0. The van der Waals surface area contributed by atoms with E-state index in [0.717, 1.165) is 39.1 Å². The lowest BCUT2D eigenvalue weighted by atomic mass is 9.97. The van der Waals surface area contributed by atoms with Crippen molar-refractivity contribution in [2.24, 2.45) is 5.73 Å². The average Bonchev–Trinajstić information content (AvgIpc) is 2.71. The average molecular weight is 400 g/mol. The Labute approximate surface area is 175 Å². The standard InChI is InChI=1S/C24H33N3.ClH/c25-14-6-9-16-26-15-7-1-8-17-27-19-24-22-12-4-2-10-20(22)18-21-11-3-5-13-23(21)24;/h2-5,10-13,18,26-27H,1,6-9,14-17,19,25H2;1H. The minimum Gasteiger partial charge on any atom is -0.330 e. The normalized spacial score (nSPS) is 11.0. The highest BCUT2D eigenvalue weighted by Crippen LogP contribution is 2.28. The highest BCUT2D eigenvalue weighted by Gasteiger charge is 2.06. The molecule has 0 saturated carbocycles. The van der Waals surface area contributed by atoms with Crippen LogP contribution >= 0.6 is 12.4 Å². The molecular formula is C24H34ClN3. The molecule has 152 valence electrons. The van der Waals surface area contributed by atoms with Gasteiger partial charge >= 0.3 is 0 Å². The van der Waals surface area contributed by atoms with Crippen LogP contribution in [0.15, 0.2) is 54.6 Å². The molecule has 0 heterocycles. The molecule has 0 amide bonds. The van der Waals surface area contributed by atoms with Gasteiger partial charge in [-0.05, 0) is 85.0 Å². The van der Waals surface area contributed by atoms with Gasteiger partial charge in [0.2, 0.25) is 0 Å². The van der Waals surface area contributed by atoms with E-state index in [1.165, 1.54) is 52.8 Å². The molecule has 0 aliphatic rings. The van der Waals surface area contributed by atoms with Crippen molar-refractivity contribution in [3.05, 3.63) is 60.2 Å². The fraction of sp³-hybridized carbons (Fsp3) is 0.417. The summed E-state index contributed by atoms with van der Waals surface area (Å²) >= 11 is 0. The Bertz CT molecular complexity index is 780. The summed E-state index contributed by atoms with van der Waals surface area (Å²) in [6.45, 7) is 5.03. The summed E-state index contributed by atoms with van der Waals surface area (Å²) in [5.74, 6) is 0. The third-order valence-corrected chi connectivity index (χ3v) is 5.20. The first-order chi connectivity index (χ1) is 13.4. The molecule has 4 heteroatoms. The fourth-order valence-electron chi connectivity index (χ4n) is 3.71. The van der Waals surface area contributed by atoms with E-state index >= 15 is 0 Å². The van der Waals surface area contributed by atoms with Gasteiger partial charge in [-0.3, -0.25) is 0 Å². The van der Waals surface area contributed by atoms with Crippen molar-refractivity contribution in [3.63, 3.8) is 0 Å². The minimum atomic E-state index is 0. The molecule has 0 radical (unpaired) electrons. The Kier molecular flexibility index (Phi) is 10.3. The number of rotatable bonds is 12. The number of fused-ring (bicyclic) bond motifs is 2. The van der Waals surface area contributed by atoms with Gasteiger partial charge in [-0.25, -0.2) is 0 Å². The highest BCUT2D eigenvalue weighted by atomic mass is 35.5. The van der Waals surface area contributed by atoms with E-state index in [4.69, 9.17) is 5.73 Å². The van der Waals surface area contributed by atoms with Gasteiger partial charge in [-0.2, -0.15) is 0 Å². The maximum Gasteiger partial charge on any atom is 0.0217 e. The predicted molar refractivity (Wildman–Crippen MR) is 125 cm³/mol. The molecule has 3 rings (SSSR count). The van der Waals surface area contributed by atoms with Gasteiger partial charge in [0.05, 0.1) is 0 Å². The molecule has 0 aliphatic heterocycles. The summed E-state index contributed by atoms with van der Waals surface area (Å²) in [6, 6.07) is 19.7. The summed E-state index contributed by atoms with van der Waals surface area (Å²) in [7, 11) is 0. The zero-order valence-corrected chi connectivity index (χ0v) is 17.6. The Balaban J connectivity index is 0.00000280. The molecule has 28 heavy (non-hydrogen) atoms. The van der Waals surface area contributed by atoms with Gasteiger partial charge in [-0.1, -0.05) is 55.0 Å². The van der Waals surface area contributed by atoms with Crippen LogP contribution in [0.2, 0.25) is 0 Å². The molecule has 0 unspecified atom stereocenters. The molecule has 0 saturated heterocycles. The van der Waals surface area contributed by atoms with Gasteiger partial charge in [-0.15, -0.1) is 12.4 Å². The van der Waals surface area contributed by atoms with E-state index < -0.39 is 0 Å². The van der Waals surface area contributed by atoms with Gasteiger partial charge in [0, 0.05) is 6.54 Å². The first kappa shape index (κ1) is 22.6. The zero-order chi connectivity index (χ0) is 18.7. The molecule has 0 aromatic heterocycles. The maximum absolute atomic E-state index is 5.51. The van der Waals surface area contributed by atoms with E-state index in [9.17, 15) is 0 Å². The van der Waals surface area contributed by atoms with Gasteiger partial charge in [0.1, 0.15) is 0 Å². The van der Waals surface area contributed by atoms with E-state index in [0.29, 0.717) is 0 Å². The molecule has 3 nitrogen and oxygen atoms in total. The van der Waals surface area contributed by atoms with Crippen LogP contribution in [-0.2, 0) is 6.54 Å². The molecule has 0 atom stereocenters. The molecule has 3 aromatic rings. The van der Waals surface area contributed by atoms with Crippen LogP contribution in [-0.4, -0.2) is 26.2 Å². The molecular weight excluding hydrogens is 366 g/mol. The largest absolute Gasteiger partial charge is 0.330 e. The fourth-order valence-corrected chi connectivity index (χ4v) is 3.71. The Morgan fingerprint density at radius 1 is 0.643 bits per heavy atom. The lowest BCUT2D eigenvalue weighted by Gasteiger charge is -2.12. The van der Waals surface area contributed by atoms with Crippen molar-refractivity contribution in [3.8, 4) is 0 Å². The Morgan fingerprint density at radius 2 is 1.18 bits per heavy atom. The van der Waals surface area contributed by atoms with Gasteiger partial charge in [0.25, 0.3) is 0 Å². The van der Waals surface area contributed by atoms with Crippen LogP contribution in [0.1, 0.15) is 37.7 Å². The van der Waals surface area contributed by atoms with Crippen molar-refractivity contribution in [2.45, 2.75) is 38.6 Å². The van der Waals surface area contributed by atoms with Crippen molar-refractivity contribution in [1.29, 1.82) is 0 Å². The Hall–Kier alpha value is -1.65. The number of nitrogens with two attached hydrogens (primary N) is 1. The zero-order valence-electron chi connectivity index (χ0n) is 16.8. The van der Waals surface area contributed by atoms with Gasteiger partial charge < -0.3 is 16.4 Å². The number of halogens is 1. The second-order valence-electron chi connectivity index (χ2n) is 7.28. The highest BCUT2D eigenvalue weighted by molar-refractivity contribution is 6.02. The second kappa shape index (κ2) is 12.7. The third-order valence-electron chi connectivity index (χ3n) is 5.20. The van der Waals surface area contributed by atoms with Crippen molar-refractivity contribution in [2.75, 3.05) is 26.2 Å². The lowest BCUT2D eigenvalue weighted by Crippen LogP contribution is -2.18. The summed E-state index contributed by atoms with van der Waals surface area (Å²) < 4.78 is 0. The monoisotopic (exact) mass is 399 g/mol. The molecule has 3 aromatic carbocycles. The first-order valence-electron chi connectivity index (χ1n) is 10.4. The number of benzene rings is 3. The second-order valence-corrected chi connectivity index (χ2v) is 7.28. The topological polar surface area (TPSA) is 50.1 Å². The Morgan fingerprint density at radius 3 is 1.79 bits per heavy atom. The molecule has 0 fully saturated rings. The molecule has 4 N–H and O–H groups in total. The van der Waals surface area contributed by atoms with Crippen LogP contribution in [0.5, 0.6) is 0 Å². The number of hydrogen-bond acceptors (Lipinski definition) is 3. The van der Waals surface area contributed by atoms with E-state index in [1.807, 2.05) is 0 Å². The summed E-state index contributed by atoms with van der Waals surface area (Å²) in [5, 5.41) is 12.6. The van der Waals surface area contributed by atoms with E-state index in [2.05, 4.69) is 65.2 Å². The SMILES string of the molecule is Cl.NCCCCNCCCCCNCc1c2ccccc2cc2ccccc12. The number of unbranched alkanes of at least 4 members (excludes halogenated alkanes) is 3. The number of hydrogen-bond donors (Lipinski definition) is 3. The van der Waals surface area contributed by atoms with Crippen LogP contribution < -0.4 is 16.4 Å². The summed E-state index contributed by atoms with van der Waals surface area (Å²) in [5.41, 5.74) is 6.93. The smallest absolute Gasteiger partial charge is 0.0217 e.